The molecule has 0 aliphatic rings. The first-order chi connectivity index (χ1) is 12.1. The molecular formula is C20H27BrN2O2. The number of benzene rings is 2. The molecule has 136 valence electrons. The zero-order valence-electron chi connectivity index (χ0n) is 15.5. The molecule has 0 fully saturated rings. The fraction of sp³-hybridized carbons (Fsp3) is 0.400. The number of hydroxylamine groups is 2. The Bertz CT molecular complexity index is 670. The summed E-state index contributed by atoms with van der Waals surface area (Å²) in [5.74, 6) is 2.40. The summed E-state index contributed by atoms with van der Waals surface area (Å²) in [7, 11) is 0. The maximum atomic E-state index is 6.23. The summed E-state index contributed by atoms with van der Waals surface area (Å²) in [5, 5.41) is 1.94. The number of hydrogen-bond acceptors (Lipinski definition) is 4. The van der Waals surface area contributed by atoms with Gasteiger partial charge in [-0.15, -0.1) is 5.06 Å². The van der Waals surface area contributed by atoms with Crippen LogP contribution in [0.4, 0.5) is 5.69 Å². The standard InChI is InChI=1S/C20H27BrN2O2/c1-5-22(6-2)20-18(24-17-13-10-9-12-16(17)21)14-11-15-19(20)25-23(7-3)8-4/h9-15H,5-8H2,1-4H3. The van der Waals surface area contributed by atoms with E-state index in [4.69, 9.17) is 9.57 Å². The summed E-state index contributed by atoms with van der Waals surface area (Å²) in [6, 6.07) is 13.8. The van der Waals surface area contributed by atoms with E-state index >= 15 is 0 Å². The van der Waals surface area contributed by atoms with E-state index in [0.29, 0.717) is 0 Å². The zero-order valence-corrected chi connectivity index (χ0v) is 17.0. The average Bonchev–Trinajstić information content (AvgIpc) is 2.64. The average molecular weight is 407 g/mol. The lowest BCUT2D eigenvalue weighted by Crippen LogP contribution is -2.29. The predicted octanol–water partition coefficient (Wildman–Crippen LogP) is 5.72. The van der Waals surface area contributed by atoms with E-state index < -0.39 is 0 Å². The fourth-order valence-corrected chi connectivity index (χ4v) is 3.01. The Morgan fingerprint density at radius 1 is 0.760 bits per heavy atom. The van der Waals surface area contributed by atoms with Gasteiger partial charge in [-0.1, -0.05) is 18.2 Å². The van der Waals surface area contributed by atoms with Crippen molar-refractivity contribution in [1.29, 1.82) is 0 Å². The van der Waals surface area contributed by atoms with E-state index in [9.17, 15) is 0 Å². The molecule has 0 saturated heterocycles. The topological polar surface area (TPSA) is 24.9 Å². The van der Waals surface area contributed by atoms with Crippen molar-refractivity contribution in [1.82, 2.24) is 5.06 Å². The quantitative estimate of drug-likeness (QED) is 0.496. The Balaban J connectivity index is 2.45. The molecule has 0 saturated carbocycles. The number of para-hydroxylation sites is 2. The third kappa shape index (κ3) is 4.89. The van der Waals surface area contributed by atoms with Crippen molar-refractivity contribution in [3.05, 3.63) is 46.9 Å². The number of ether oxygens (including phenoxy) is 1. The van der Waals surface area contributed by atoms with Gasteiger partial charge in [-0.3, -0.25) is 0 Å². The van der Waals surface area contributed by atoms with Crippen molar-refractivity contribution in [2.75, 3.05) is 31.1 Å². The van der Waals surface area contributed by atoms with E-state index in [2.05, 4.69) is 48.5 Å². The lowest BCUT2D eigenvalue weighted by Gasteiger charge is -2.28. The van der Waals surface area contributed by atoms with Crippen LogP contribution in [0.2, 0.25) is 0 Å². The summed E-state index contributed by atoms with van der Waals surface area (Å²) in [5.41, 5.74) is 0.982. The molecule has 0 aliphatic carbocycles. The second-order valence-electron chi connectivity index (χ2n) is 5.51. The van der Waals surface area contributed by atoms with E-state index in [1.54, 1.807) is 0 Å². The molecule has 2 rings (SSSR count). The molecular weight excluding hydrogens is 380 g/mol. The van der Waals surface area contributed by atoms with Gasteiger partial charge in [-0.25, -0.2) is 0 Å². The molecule has 0 amide bonds. The van der Waals surface area contributed by atoms with E-state index in [0.717, 1.165) is 53.6 Å². The summed E-state index contributed by atoms with van der Waals surface area (Å²) in [6.45, 7) is 11.8. The molecule has 0 aliphatic heterocycles. The lowest BCUT2D eigenvalue weighted by molar-refractivity contribution is -0.0482. The molecule has 0 atom stereocenters. The highest BCUT2D eigenvalue weighted by Crippen LogP contribution is 2.41. The summed E-state index contributed by atoms with van der Waals surface area (Å²) >= 11 is 3.55. The molecule has 0 bridgehead atoms. The normalized spacial score (nSPS) is 10.8. The Kier molecular flexibility index (Phi) is 7.59. The summed E-state index contributed by atoms with van der Waals surface area (Å²) < 4.78 is 7.15. The van der Waals surface area contributed by atoms with Crippen LogP contribution in [0.1, 0.15) is 27.7 Å². The van der Waals surface area contributed by atoms with Crippen LogP contribution < -0.4 is 14.5 Å². The Hall–Kier alpha value is -1.72. The third-order valence-electron chi connectivity index (χ3n) is 4.03. The van der Waals surface area contributed by atoms with Crippen molar-refractivity contribution in [3.63, 3.8) is 0 Å². The van der Waals surface area contributed by atoms with Crippen LogP contribution in [0.15, 0.2) is 46.9 Å². The molecule has 0 heterocycles. The predicted molar refractivity (Wildman–Crippen MR) is 108 cm³/mol. The van der Waals surface area contributed by atoms with Crippen LogP contribution in [0.5, 0.6) is 17.2 Å². The van der Waals surface area contributed by atoms with Crippen LogP contribution in [-0.2, 0) is 0 Å². The number of anilines is 1. The highest BCUT2D eigenvalue weighted by Gasteiger charge is 2.19. The molecule has 2 aromatic carbocycles. The van der Waals surface area contributed by atoms with Gasteiger partial charge < -0.3 is 14.5 Å². The second kappa shape index (κ2) is 9.68. The second-order valence-corrected chi connectivity index (χ2v) is 6.37. The van der Waals surface area contributed by atoms with Gasteiger partial charge in [-0.2, -0.15) is 0 Å². The highest BCUT2D eigenvalue weighted by atomic mass is 79.9. The molecule has 0 N–H and O–H groups in total. The molecule has 25 heavy (non-hydrogen) atoms. The van der Waals surface area contributed by atoms with Crippen LogP contribution in [0.25, 0.3) is 0 Å². The highest BCUT2D eigenvalue weighted by molar-refractivity contribution is 9.10. The molecule has 0 unspecified atom stereocenters. The minimum Gasteiger partial charge on any atom is -0.454 e. The van der Waals surface area contributed by atoms with Gasteiger partial charge in [0, 0.05) is 26.2 Å². The first-order valence-corrected chi connectivity index (χ1v) is 9.67. The number of rotatable bonds is 9. The maximum absolute atomic E-state index is 6.23. The van der Waals surface area contributed by atoms with Crippen molar-refractivity contribution >= 4 is 21.6 Å². The van der Waals surface area contributed by atoms with Gasteiger partial charge in [-0.05, 0) is 67.9 Å². The molecule has 5 heteroatoms. The largest absolute Gasteiger partial charge is 0.454 e. The maximum Gasteiger partial charge on any atom is 0.174 e. The first kappa shape index (κ1) is 19.6. The van der Waals surface area contributed by atoms with Crippen molar-refractivity contribution in [3.8, 4) is 17.2 Å². The molecule has 0 aromatic heterocycles. The summed E-state index contributed by atoms with van der Waals surface area (Å²) in [4.78, 5) is 8.39. The van der Waals surface area contributed by atoms with Gasteiger partial charge >= 0.3 is 0 Å². The molecule has 2 aromatic rings. The van der Waals surface area contributed by atoms with Gasteiger partial charge in [0.05, 0.1) is 4.47 Å². The number of hydrogen-bond donors (Lipinski definition) is 0. The van der Waals surface area contributed by atoms with Gasteiger partial charge in [0.2, 0.25) is 0 Å². The SMILES string of the molecule is CCN(CC)Oc1cccc(Oc2ccccc2Br)c1N(CC)CC. The Morgan fingerprint density at radius 2 is 1.36 bits per heavy atom. The number of halogens is 1. The van der Waals surface area contributed by atoms with Crippen molar-refractivity contribution in [2.45, 2.75) is 27.7 Å². The van der Waals surface area contributed by atoms with Crippen molar-refractivity contribution in [2.24, 2.45) is 0 Å². The lowest BCUT2D eigenvalue weighted by atomic mass is 10.2. The molecule has 4 nitrogen and oxygen atoms in total. The van der Waals surface area contributed by atoms with E-state index in [1.807, 2.05) is 47.5 Å². The van der Waals surface area contributed by atoms with E-state index in [-0.39, 0.29) is 0 Å². The van der Waals surface area contributed by atoms with Crippen molar-refractivity contribution < 1.29 is 9.57 Å². The van der Waals surface area contributed by atoms with Crippen LogP contribution in [0.3, 0.4) is 0 Å². The Morgan fingerprint density at radius 3 is 1.96 bits per heavy atom. The zero-order chi connectivity index (χ0) is 18.2. The van der Waals surface area contributed by atoms with Gasteiger partial charge in [0.1, 0.15) is 11.4 Å². The minimum atomic E-state index is 0.788. The molecule has 0 radical (unpaired) electrons. The number of nitrogens with zero attached hydrogens (tertiary/aromatic N) is 2. The van der Waals surface area contributed by atoms with E-state index in [1.165, 1.54) is 0 Å². The van der Waals surface area contributed by atoms with Crippen LogP contribution in [-0.4, -0.2) is 31.2 Å². The first-order valence-electron chi connectivity index (χ1n) is 8.87. The third-order valence-corrected chi connectivity index (χ3v) is 4.69. The fourth-order valence-electron chi connectivity index (χ4n) is 2.65. The monoisotopic (exact) mass is 406 g/mol. The molecule has 0 spiro atoms. The van der Waals surface area contributed by atoms with Crippen LogP contribution in [0, 0.1) is 0 Å². The smallest absolute Gasteiger partial charge is 0.174 e. The Labute approximate surface area is 159 Å². The summed E-state index contributed by atoms with van der Waals surface area (Å²) in [6.07, 6.45) is 0. The van der Waals surface area contributed by atoms with Crippen LogP contribution >= 0.6 is 15.9 Å². The van der Waals surface area contributed by atoms with Gasteiger partial charge in [0.15, 0.2) is 11.5 Å². The van der Waals surface area contributed by atoms with Gasteiger partial charge in [0.25, 0.3) is 0 Å². The minimum absolute atomic E-state index is 0.788.